The Morgan fingerprint density at radius 2 is 2.30 bits per heavy atom. The summed E-state index contributed by atoms with van der Waals surface area (Å²) in [7, 11) is 0. The van der Waals surface area contributed by atoms with Gasteiger partial charge in [-0.1, -0.05) is 24.9 Å². The van der Waals surface area contributed by atoms with Crippen molar-refractivity contribution in [3.8, 4) is 6.07 Å². The SMILES string of the molecule is CCCN(CC1CCCCN1)c1ccc(C#N)c(Cl)c1. The fraction of sp³-hybridized carbons (Fsp3) is 0.562. The minimum Gasteiger partial charge on any atom is -0.370 e. The van der Waals surface area contributed by atoms with Gasteiger partial charge < -0.3 is 10.2 Å². The van der Waals surface area contributed by atoms with Crippen LogP contribution in [0.15, 0.2) is 18.2 Å². The summed E-state index contributed by atoms with van der Waals surface area (Å²) < 4.78 is 0. The van der Waals surface area contributed by atoms with Gasteiger partial charge in [0, 0.05) is 24.8 Å². The van der Waals surface area contributed by atoms with Crippen molar-refractivity contribution in [2.75, 3.05) is 24.5 Å². The first-order valence-electron chi connectivity index (χ1n) is 7.42. The molecular weight excluding hydrogens is 270 g/mol. The Labute approximate surface area is 126 Å². The van der Waals surface area contributed by atoms with Gasteiger partial charge in [0.2, 0.25) is 0 Å². The van der Waals surface area contributed by atoms with Crippen LogP contribution in [-0.2, 0) is 0 Å². The molecule has 20 heavy (non-hydrogen) atoms. The van der Waals surface area contributed by atoms with Crippen molar-refractivity contribution in [1.82, 2.24) is 5.32 Å². The lowest BCUT2D eigenvalue weighted by molar-refractivity contribution is 0.399. The summed E-state index contributed by atoms with van der Waals surface area (Å²) >= 11 is 6.15. The second-order valence-electron chi connectivity index (χ2n) is 5.37. The third-order valence-electron chi connectivity index (χ3n) is 3.78. The predicted octanol–water partition coefficient (Wildman–Crippen LogP) is 3.57. The summed E-state index contributed by atoms with van der Waals surface area (Å²) in [5.74, 6) is 0. The first-order valence-corrected chi connectivity index (χ1v) is 7.80. The van der Waals surface area contributed by atoms with Crippen molar-refractivity contribution < 1.29 is 0 Å². The van der Waals surface area contributed by atoms with Crippen LogP contribution < -0.4 is 10.2 Å². The Bertz CT molecular complexity index is 475. The third-order valence-corrected chi connectivity index (χ3v) is 4.10. The highest BCUT2D eigenvalue weighted by atomic mass is 35.5. The number of anilines is 1. The number of hydrogen-bond acceptors (Lipinski definition) is 3. The van der Waals surface area contributed by atoms with Crippen LogP contribution in [0.25, 0.3) is 0 Å². The van der Waals surface area contributed by atoms with Gasteiger partial charge in [-0.15, -0.1) is 0 Å². The molecule has 108 valence electrons. The molecule has 0 saturated carbocycles. The third kappa shape index (κ3) is 3.88. The highest BCUT2D eigenvalue weighted by Crippen LogP contribution is 2.24. The summed E-state index contributed by atoms with van der Waals surface area (Å²) in [6.45, 7) is 5.34. The van der Waals surface area contributed by atoms with E-state index >= 15 is 0 Å². The van der Waals surface area contributed by atoms with Gasteiger partial charge in [0.25, 0.3) is 0 Å². The molecule has 1 heterocycles. The topological polar surface area (TPSA) is 39.1 Å². The van der Waals surface area contributed by atoms with Gasteiger partial charge in [0.15, 0.2) is 0 Å². The molecule has 1 aliphatic rings. The second-order valence-corrected chi connectivity index (χ2v) is 5.78. The van der Waals surface area contributed by atoms with Crippen molar-refractivity contribution in [1.29, 1.82) is 5.26 Å². The normalized spacial score (nSPS) is 18.6. The zero-order valence-electron chi connectivity index (χ0n) is 12.0. The molecule has 0 radical (unpaired) electrons. The van der Waals surface area contributed by atoms with Crippen LogP contribution in [0.1, 0.15) is 38.2 Å². The predicted molar refractivity (Wildman–Crippen MR) is 84.3 cm³/mol. The average molecular weight is 292 g/mol. The maximum absolute atomic E-state index is 8.95. The molecule has 0 aliphatic carbocycles. The molecule has 1 fully saturated rings. The zero-order valence-corrected chi connectivity index (χ0v) is 12.8. The van der Waals surface area contributed by atoms with E-state index < -0.39 is 0 Å². The monoisotopic (exact) mass is 291 g/mol. The van der Waals surface area contributed by atoms with E-state index in [0.29, 0.717) is 16.6 Å². The molecule has 4 heteroatoms. The molecule has 0 bridgehead atoms. The van der Waals surface area contributed by atoms with Gasteiger partial charge in [0.1, 0.15) is 6.07 Å². The molecule has 0 spiro atoms. The van der Waals surface area contributed by atoms with Crippen molar-refractivity contribution in [3.05, 3.63) is 28.8 Å². The minimum atomic E-state index is 0.544. The molecule has 2 rings (SSSR count). The van der Waals surface area contributed by atoms with E-state index in [0.717, 1.165) is 31.7 Å². The molecule has 1 aromatic rings. The van der Waals surface area contributed by atoms with E-state index in [1.54, 1.807) is 0 Å². The maximum Gasteiger partial charge on any atom is 0.101 e. The lowest BCUT2D eigenvalue weighted by Crippen LogP contribution is -2.44. The first kappa shape index (κ1) is 15.2. The van der Waals surface area contributed by atoms with E-state index in [-0.39, 0.29) is 0 Å². The number of halogens is 1. The van der Waals surface area contributed by atoms with Crippen LogP contribution in [0.4, 0.5) is 5.69 Å². The van der Waals surface area contributed by atoms with Crippen LogP contribution in [0.5, 0.6) is 0 Å². The highest BCUT2D eigenvalue weighted by Gasteiger charge is 2.17. The van der Waals surface area contributed by atoms with Crippen molar-refractivity contribution in [2.45, 2.75) is 38.6 Å². The highest BCUT2D eigenvalue weighted by molar-refractivity contribution is 6.32. The smallest absolute Gasteiger partial charge is 0.101 e. The molecular formula is C16H22ClN3. The number of benzene rings is 1. The Morgan fingerprint density at radius 1 is 1.45 bits per heavy atom. The fourth-order valence-corrected chi connectivity index (χ4v) is 2.95. The molecule has 0 aromatic heterocycles. The van der Waals surface area contributed by atoms with Gasteiger partial charge in [-0.25, -0.2) is 0 Å². The van der Waals surface area contributed by atoms with Crippen molar-refractivity contribution >= 4 is 17.3 Å². The van der Waals surface area contributed by atoms with E-state index in [2.05, 4.69) is 23.2 Å². The molecule has 1 unspecified atom stereocenters. The van der Waals surface area contributed by atoms with E-state index in [4.69, 9.17) is 16.9 Å². The molecule has 0 amide bonds. The van der Waals surface area contributed by atoms with Crippen LogP contribution >= 0.6 is 11.6 Å². The van der Waals surface area contributed by atoms with Crippen LogP contribution in [0, 0.1) is 11.3 Å². The van der Waals surface area contributed by atoms with Gasteiger partial charge in [-0.3, -0.25) is 0 Å². The Morgan fingerprint density at radius 3 is 2.90 bits per heavy atom. The molecule has 1 aromatic carbocycles. The quantitative estimate of drug-likeness (QED) is 0.901. The van der Waals surface area contributed by atoms with Gasteiger partial charge >= 0.3 is 0 Å². The summed E-state index contributed by atoms with van der Waals surface area (Å²) in [4.78, 5) is 2.37. The Hall–Kier alpha value is -1.24. The van der Waals surface area contributed by atoms with Crippen LogP contribution in [0.2, 0.25) is 5.02 Å². The van der Waals surface area contributed by atoms with Crippen molar-refractivity contribution in [3.63, 3.8) is 0 Å². The average Bonchev–Trinajstić information content (AvgIpc) is 2.48. The fourth-order valence-electron chi connectivity index (χ4n) is 2.73. The largest absolute Gasteiger partial charge is 0.370 e. The lowest BCUT2D eigenvalue weighted by Gasteiger charge is -2.32. The number of nitrogens with zero attached hydrogens (tertiary/aromatic N) is 2. The van der Waals surface area contributed by atoms with E-state index in [9.17, 15) is 0 Å². The maximum atomic E-state index is 8.95. The van der Waals surface area contributed by atoms with E-state index in [1.807, 2.05) is 18.2 Å². The molecule has 1 aliphatic heterocycles. The molecule has 1 N–H and O–H groups in total. The minimum absolute atomic E-state index is 0.544. The van der Waals surface area contributed by atoms with Crippen molar-refractivity contribution in [2.24, 2.45) is 0 Å². The lowest BCUT2D eigenvalue weighted by atomic mass is 10.0. The summed E-state index contributed by atoms with van der Waals surface area (Å²) in [5.41, 5.74) is 1.66. The summed E-state index contributed by atoms with van der Waals surface area (Å²) in [6, 6.07) is 8.40. The summed E-state index contributed by atoms with van der Waals surface area (Å²) in [5, 5.41) is 13.1. The number of rotatable bonds is 5. The molecule has 1 atom stereocenters. The zero-order chi connectivity index (χ0) is 14.4. The van der Waals surface area contributed by atoms with Gasteiger partial charge in [0.05, 0.1) is 10.6 Å². The standard InChI is InChI=1S/C16H22ClN3/c1-2-9-20(12-14-5-3-4-8-19-14)15-7-6-13(11-18)16(17)10-15/h6-7,10,14,19H,2-5,8-9,12H2,1H3. The van der Waals surface area contributed by atoms with Gasteiger partial charge in [-0.2, -0.15) is 5.26 Å². The Kier molecular flexibility index (Phi) is 5.70. The number of hydrogen-bond donors (Lipinski definition) is 1. The molecule has 3 nitrogen and oxygen atoms in total. The summed E-state index contributed by atoms with van der Waals surface area (Å²) in [6.07, 6.45) is 4.94. The number of nitriles is 1. The Balaban J connectivity index is 2.10. The number of piperidine rings is 1. The first-order chi connectivity index (χ1) is 9.74. The van der Waals surface area contributed by atoms with Gasteiger partial charge in [-0.05, 0) is 44.0 Å². The number of nitrogens with one attached hydrogen (secondary N) is 1. The second kappa shape index (κ2) is 7.52. The van der Waals surface area contributed by atoms with Crippen LogP contribution in [-0.4, -0.2) is 25.7 Å². The van der Waals surface area contributed by atoms with E-state index in [1.165, 1.54) is 19.3 Å². The molecule has 1 saturated heterocycles. The van der Waals surface area contributed by atoms with Crippen LogP contribution in [0.3, 0.4) is 0 Å².